The number of hydrogen-bond acceptors (Lipinski definition) is 5. The quantitative estimate of drug-likeness (QED) is 0.568. The fraction of sp³-hybridized carbons (Fsp3) is 0.455. The molecule has 0 aromatic heterocycles. The second-order valence-corrected chi connectivity index (χ2v) is 8.08. The van der Waals surface area contributed by atoms with Crippen molar-refractivity contribution in [3.63, 3.8) is 0 Å². The predicted molar refractivity (Wildman–Crippen MR) is 101 cm³/mol. The van der Waals surface area contributed by atoms with E-state index in [4.69, 9.17) is 4.74 Å². The van der Waals surface area contributed by atoms with E-state index in [1.807, 2.05) is 6.07 Å². The molecule has 5 heteroatoms. The minimum atomic E-state index is -0.754. The average Bonchev–Trinajstić information content (AvgIpc) is 2.76. The molecule has 27 heavy (non-hydrogen) atoms. The second-order valence-electron chi connectivity index (χ2n) is 8.08. The highest BCUT2D eigenvalue weighted by Gasteiger charge is 2.47. The normalized spacial score (nSPS) is 24.1. The SMILES string of the molecule is Cc1cc(C2Oc3cc(O)ccc3CC3(CCCCC3)C2O)cc(O)c1O. The van der Waals surface area contributed by atoms with Crippen molar-refractivity contribution in [3.8, 4) is 23.0 Å². The number of ether oxygens (including phenoxy) is 1. The number of aliphatic hydroxyl groups excluding tert-OH is 1. The van der Waals surface area contributed by atoms with Gasteiger partial charge < -0.3 is 25.2 Å². The van der Waals surface area contributed by atoms with Crippen molar-refractivity contribution < 1.29 is 25.2 Å². The van der Waals surface area contributed by atoms with Crippen LogP contribution in [0, 0.1) is 12.3 Å². The number of phenols is 3. The highest BCUT2D eigenvalue weighted by atomic mass is 16.5. The van der Waals surface area contributed by atoms with Crippen LogP contribution in [0.4, 0.5) is 0 Å². The second kappa shape index (κ2) is 6.64. The summed E-state index contributed by atoms with van der Waals surface area (Å²) in [5.74, 6) is 0.296. The van der Waals surface area contributed by atoms with Gasteiger partial charge in [-0.1, -0.05) is 25.3 Å². The molecule has 0 bridgehead atoms. The van der Waals surface area contributed by atoms with E-state index in [1.54, 1.807) is 25.1 Å². The zero-order chi connectivity index (χ0) is 19.2. The molecule has 0 radical (unpaired) electrons. The lowest BCUT2D eigenvalue weighted by Crippen LogP contribution is -2.42. The van der Waals surface area contributed by atoms with Gasteiger partial charge in [0.05, 0.1) is 0 Å². The minimum Gasteiger partial charge on any atom is -0.508 e. The first-order valence-corrected chi connectivity index (χ1v) is 9.59. The molecule has 0 amide bonds. The molecular weight excluding hydrogens is 344 g/mol. The Morgan fingerprint density at radius 3 is 2.44 bits per heavy atom. The first-order valence-electron chi connectivity index (χ1n) is 9.59. The molecule has 144 valence electrons. The van der Waals surface area contributed by atoms with Crippen LogP contribution in [-0.4, -0.2) is 26.5 Å². The monoisotopic (exact) mass is 370 g/mol. The van der Waals surface area contributed by atoms with Gasteiger partial charge in [-0.15, -0.1) is 0 Å². The van der Waals surface area contributed by atoms with Crippen LogP contribution >= 0.6 is 0 Å². The highest BCUT2D eigenvalue weighted by Crippen LogP contribution is 2.51. The molecule has 1 spiro atoms. The molecule has 4 N–H and O–H groups in total. The molecule has 4 rings (SSSR count). The van der Waals surface area contributed by atoms with Gasteiger partial charge in [-0.2, -0.15) is 0 Å². The van der Waals surface area contributed by atoms with Crippen molar-refractivity contribution >= 4 is 0 Å². The fourth-order valence-electron chi connectivity index (χ4n) is 4.74. The number of aromatic hydroxyl groups is 3. The van der Waals surface area contributed by atoms with E-state index in [0.29, 0.717) is 23.3 Å². The van der Waals surface area contributed by atoms with Crippen LogP contribution in [0.2, 0.25) is 0 Å². The topological polar surface area (TPSA) is 90.2 Å². The molecule has 2 atom stereocenters. The van der Waals surface area contributed by atoms with Crippen LogP contribution in [0.3, 0.4) is 0 Å². The van der Waals surface area contributed by atoms with E-state index in [-0.39, 0.29) is 22.7 Å². The van der Waals surface area contributed by atoms with E-state index in [0.717, 1.165) is 31.2 Å². The number of benzene rings is 2. The maximum absolute atomic E-state index is 11.4. The molecular formula is C22H26O5. The number of rotatable bonds is 1. The maximum atomic E-state index is 11.4. The Labute approximate surface area is 158 Å². The Balaban J connectivity index is 1.84. The van der Waals surface area contributed by atoms with Gasteiger partial charge in [0, 0.05) is 11.5 Å². The molecule has 2 unspecified atom stereocenters. The third-order valence-electron chi connectivity index (χ3n) is 6.24. The van der Waals surface area contributed by atoms with E-state index >= 15 is 0 Å². The van der Waals surface area contributed by atoms with E-state index in [1.165, 1.54) is 12.5 Å². The molecule has 2 aliphatic rings. The summed E-state index contributed by atoms with van der Waals surface area (Å²) in [6.45, 7) is 1.71. The molecule has 1 saturated carbocycles. The molecule has 5 nitrogen and oxygen atoms in total. The molecule has 2 aromatic carbocycles. The van der Waals surface area contributed by atoms with Crippen LogP contribution in [0.5, 0.6) is 23.0 Å². The Bertz CT molecular complexity index is 831. The van der Waals surface area contributed by atoms with Gasteiger partial charge in [-0.05, 0) is 61.1 Å². The molecule has 0 saturated heterocycles. The Kier molecular flexibility index (Phi) is 4.42. The van der Waals surface area contributed by atoms with Gasteiger partial charge in [0.15, 0.2) is 17.6 Å². The van der Waals surface area contributed by atoms with E-state index in [2.05, 4.69) is 0 Å². The van der Waals surface area contributed by atoms with Crippen molar-refractivity contribution in [1.82, 2.24) is 0 Å². The smallest absolute Gasteiger partial charge is 0.160 e. The lowest BCUT2D eigenvalue weighted by atomic mass is 9.65. The molecule has 1 aliphatic heterocycles. The van der Waals surface area contributed by atoms with Crippen LogP contribution in [0.1, 0.15) is 54.9 Å². The first kappa shape index (κ1) is 18.0. The minimum absolute atomic E-state index is 0.117. The number of aliphatic hydroxyl groups is 1. The van der Waals surface area contributed by atoms with Gasteiger partial charge in [-0.25, -0.2) is 0 Å². The zero-order valence-electron chi connectivity index (χ0n) is 15.5. The highest BCUT2D eigenvalue weighted by molar-refractivity contribution is 5.49. The summed E-state index contributed by atoms with van der Waals surface area (Å²) < 4.78 is 6.21. The Morgan fingerprint density at radius 2 is 1.74 bits per heavy atom. The standard InChI is InChI=1S/C22H26O5/c1-13-9-15(10-17(24)19(13)25)20-21(26)22(7-3-2-4-8-22)12-14-5-6-16(23)11-18(14)27-20/h5-6,9-11,20-21,23-26H,2-4,7-8,12H2,1H3. The largest absolute Gasteiger partial charge is 0.508 e. The first-order chi connectivity index (χ1) is 12.9. The van der Waals surface area contributed by atoms with Crippen molar-refractivity contribution in [3.05, 3.63) is 47.0 Å². The Morgan fingerprint density at radius 1 is 1.00 bits per heavy atom. The third kappa shape index (κ3) is 3.10. The molecule has 1 heterocycles. The lowest BCUT2D eigenvalue weighted by molar-refractivity contribution is -0.0654. The maximum Gasteiger partial charge on any atom is 0.160 e. The number of fused-ring (bicyclic) bond motifs is 1. The third-order valence-corrected chi connectivity index (χ3v) is 6.24. The Hall–Kier alpha value is -2.40. The average molecular weight is 370 g/mol. The van der Waals surface area contributed by atoms with Gasteiger partial charge in [0.25, 0.3) is 0 Å². The van der Waals surface area contributed by atoms with Crippen molar-refractivity contribution in [2.24, 2.45) is 5.41 Å². The summed E-state index contributed by atoms with van der Waals surface area (Å²) in [7, 11) is 0. The predicted octanol–water partition coefficient (Wildman–Crippen LogP) is 4.10. The van der Waals surface area contributed by atoms with E-state index in [9.17, 15) is 20.4 Å². The van der Waals surface area contributed by atoms with Crippen LogP contribution < -0.4 is 4.74 Å². The van der Waals surface area contributed by atoms with Gasteiger partial charge in [-0.3, -0.25) is 0 Å². The number of hydrogen-bond donors (Lipinski definition) is 4. The van der Waals surface area contributed by atoms with Crippen molar-refractivity contribution in [1.29, 1.82) is 0 Å². The van der Waals surface area contributed by atoms with Crippen molar-refractivity contribution in [2.45, 2.75) is 57.7 Å². The summed E-state index contributed by atoms with van der Waals surface area (Å²) in [4.78, 5) is 0. The summed E-state index contributed by atoms with van der Waals surface area (Å²) in [6.07, 6.45) is 4.39. The van der Waals surface area contributed by atoms with Gasteiger partial charge >= 0.3 is 0 Å². The molecule has 1 fully saturated rings. The van der Waals surface area contributed by atoms with Gasteiger partial charge in [0.1, 0.15) is 17.6 Å². The lowest BCUT2D eigenvalue weighted by Gasteiger charge is -2.42. The number of phenolic OH excluding ortho intramolecular Hbond substituents is 3. The number of aryl methyl sites for hydroxylation is 1. The van der Waals surface area contributed by atoms with Crippen LogP contribution in [0.15, 0.2) is 30.3 Å². The fourth-order valence-corrected chi connectivity index (χ4v) is 4.74. The van der Waals surface area contributed by atoms with Gasteiger partial charge in [0.2, 0.25) is 0 Å². The molecule has 1 aliphatic carbocycles. The van der Waals surface area contributed by atoms with Crippen molar-refractivity contribution in [2.75, 3.05) is 0 Å². The summed E-state index contributed by atoms with van der Waals surface area (Å²) in [6, 6.07) is 8.31. The summed E-state index contributed by atoms with van der Waals surface area (Å²) in [5.41, 5.74) is 1.83. The summed E-state index contributed by atoms with van der Waals surface area (Å²) >= 11 is 0. The zero-order valence-corrected chi connectivity index (χ0v) is 15.5. The van der Waals surface area contributed by atoms with Crippen LogP contribution in [-0.2, 0) is 6.42 Å². The summed E-state index contributed by atoms with van der Waals surface area (Å²) in [5, 5.41) is 41.3. The van der Waals surface area contributed by atoms with Crippen LogP contribution in [0.25, 0.3) is 0 Å². The van der Waals surface area contributed by atoms with E-state index < -0.39 is 12.2 Å². The molecule has 2 aromatic rings.